The molecule has 348 valence electrons. The number of para-hydroxylation sites is 6. The summed E-state index contributed by atoms with van der Waals surface area (Å²) in [6.07, 6.45) is 0. The predicted octanol–water partition coefficient (Wildman–Crippen LogP) is 18.5. The second kappa shape index (κ2) is 15.1. The number of anilines is 6. The number of ether oxygens (including phenoxy) is 1. The Labute approximate surface area is 430 Å². The highest BCUT2D eigenvalue weighted by Gasteiger charge is 2.53. The molecule has 1 atom stereocenters. The third kappa shape index (κ3) is 5.46. The van der Waals surface area contributed by atoms with E-state index in [4.69, 9.17) is 4.74 Å². The molecule has 11 aromatic carbocycles. The van der Waals surface area contributed by atoms with Crippen LogP contribution in [0.5, 0.6) is 11.5 Å². The van der Waals surface area contributed by atoms with Crippen molar-refractivity contribution in [2.75, 3.05) is 9.80 Å². The maximum atomic E-state index is 6.82. The molecule has 4 nitrogen and oxygen atoms in total. The molecule has 1 unspecified atom stereocenters. The molecule has 0 saturated carbocycles. The van der Waals surface area contributed by atoms with E-state index in [1.165, 1.54) is 88.6 Å². The summed E-state index contributed by atoms with van der Waals surface area (Å²) in [4.78, 5) is 4.92. The van der Waals surface area contributed by atoms with Crippen LogP contribution in [0, 0.1) is 0 Å². The summed E-state index contributed by atoms with van der Waals surface area (Å²) in [5.74, 6) is 1.72. The van der Waals surface area contributed by atoms with Gasteiger partial charge in [0.2, 0.25) is 0 Å². The second-order valence-electron chi connectivity index (χ2n) is 20.8. The first kappa shape index (κ1) is 41.3. The maximum absolute atomic E-state index is 6.82. The van der Waals surface area contributed by atoms with Crippen molar-refractivity contribution < 1.29 is 4.74 Å². The number of nitrogens with zero attached hydrogens (tertiary/aromatic N) is 3. The molecule has 0 saturated heterocycles. The first-order chi connectivity index (χ1) is 36.5. The minimum Gasteiger partial charge on any atom is -0.453 e. The zero-order valence-corrected chi connectivity index (χ0v) is 40.9. The van der Waals surface area contributed by atoms with Gasteiger partial charge in [0.05, 0.1) is 33.5 Å². The molecule has 0 radical (unpaired) electrons. The first-order valence-corrected chi connectivity index (χ1v) is 25.7. The number of fused-ring (bicyclic) bond motifs is 17. The van der Waals surface area contributed by atoms with Gasteiger partial charge in [-0.15, -0.1) is 0 Å². The summed E-state index contributed by atoms with van der Waals surface area (Å²) in [6.45, 7) is 4.75. The van der Waals surface area contributed by atoms with Crippen LogP contribution in [0.15, 0.2) is 249 Å². The van der Waals surface area contributed by atoms with Gasteiger partial charge in [-0.05, 0) is 158 Å². The lowest BCUT2D eigenvalue weighted by molar-refractivity contribution is 0.473. The third-order valence-corrected chi connectivity index (χ3v) is 16.8. The monoisotopic (exact) mass is 945 g/mol. The van der Waals surface area contributed by atoms with E-state index < -0.39 is 5.41 Å². The van der Waals surface area contributed by atoms with E-state index in [0.29, 0.717) is 0 Å². The van der Waals surface area contributed by atoms with Gasteiger partial charge in [-0.1, -0.05) is 172 Å². The Hall–Kier alpha value is -9.38. The molecule has 12 aromatic rings. The largest absolute Gasteiger partial charge is 0.453 e. The molecule has 4 heteroatoms. The summed E-state index contributed by atoms with van der Waals surface area (Å²) in [6, 6.07) is 92.1. The van der Waals surface area contributed by atoms with Crippen molar-refractivity contribution in [2.24, 2.45) is 0 Å². The van der Waals surface area contributed by atoms with Crippen LogP contribution < -0.4 is 14.5 Å². The van der Waals surface area contributed by atoms with E-state index in [1.807, 2.05) is 0 Å². The SMILES string of the molecule is CC1(C)c2ccccc2-c2ccc(N(c3ccc(-c4ccc5c(c4)c4ccccc4n5-c4ccccc4)cc3)c3ccc4c(c3)C3(c5ccccc5-4)c4ccccc4N4c5ccccc5Oc5cccc3c54)cc21. The second-order valence-corrected chi connectivity index (χ2v) is 20.8. The number of rotatable bonds is 5. The summed E-state index contributed by atoms with van der Waals surface area (Å²) >= 11 is 0. The molecule has 0 fully saturated rings. The van der Waals surface area contributed by atoms with E-state index >= 15 is 0 Å². The molecule has 0 bridgehead atoms. The molecule has 2 aliphatic carbocycles. The fraction of sp³-hybridized carbons (Fsp3) is 0.0571. The van der Waals surface area contributed by atoms with Crippen LogP contribution in [-0.2, 0) is 10.8 Å². The van der Waals surface area contributed by atoms with E-state index in [2.05, 4.69) is 277 Å². The summed E-state index contributed by atoms with van der Waals surface area (Å²) in [7, 11) is 0. The Morgan fingerprint density at radius 3 is 1.74 bits per heavy atom. The van der Waals surface area contributed by atoms with Crippen molar-refractivity contribution in [3.8, 4) is 50.6 Å². The minimum absolute atomic E-state index is 0.172. The molecular formula is C70H47N3O. The summed E-state index contributed by atoms with van der Waals surface area (Å²) in [5, 5.41) is 2.49. The van der Waals surface area contributed by atoms with Crippen LogP contribution in [0.4, 0.5) is 34.1 Å². The maximum Gasteiger partial charge on any atom is 0.151 e. The standard InChI is InChI=1S/C70H47N3O/c1-69(2)56-22-9-6-19-50(56)52-38-36-48(42-60(52)69)71(47-34-31-44(32-35-47)45-33-40-63-55(41-45)54-21-8-12-26-62(54)72(63)46-17-4-3-5-18-46)49-37-39-53-51-20-7-10-23-57(51)70(61(53)43-49)58-24-11-13-27-64(58)73-65-28-14-15-29-66(65)74-67-30-16-25-59(70)68(67)73/h3-43H,1-2H3. The van der Waals surface area contributed by atoms with Crippen molar-refractivity contribution in [3.63, 3.8) is 0 Å². The van der Waals surface area contributed by atoms with Crippen molar-refractivity contribution in [3.05, 3.63) is 282 Å². The molecule has 1 spiro atoms. The third-order valence-electron chi connectivity index (χ3n) is 16.8. The highest BCUT2D eigenvalue weighted by atomic mass is 16.5. The number of aromatic nitrogens is 1. The molecule has 1 aromatic heterocycles. The lowest BCUT2D eigenvalue weighted by Gasteiger charge is -2.47. The molecule has 4 aliphatic rings. The van der Waals surface area contributed by atoms with Crippen LogP contribution in [0.1, 0.15) is 47.2 Å². The Morgan fingerprint density at radius 2 is 0.932 bits per heavy atom. The van der Waals surface area contributed by atoms with Gasteiger partial charge in [0, 0.05) is 38.9 Å². The molecule has 3 heterocycles. The number of hydrogen-bond acceptors (Lipinski definition) is 3. The van der Waals surface area contributed by atoms with Crippen LogP contribution in [0.2, 0.25) is 0 Å². The average Bonchev–Trinajstić information content (AvgIpc) is 4.09. The van der Waals surface area contributed by atoms with Gasteiger partial charge < -0.3 is 19.1 Å². The van der Waals surface area contributed by atoms with Crippen LogP contribution >= 0.6 is 0 Å². The van der Waals surface area contributed by atoms with Crippen molar-refractivity contribution in [1.29, 1.82) is 0 Å². The normalized spacial score (nSPS) is 15.7. The smallest absolute Gasteiger partial charge is 0.151 e. The van der Waals surface area contributed by atoms with Gasteiger partial charge in [0.1, 0.15) is 0 Å². The number of benzene rings is 11. The fourth-order valence-electron chi connectivity index (χ4n) is 13.6. The van der Waals surface area contributed by atoms with Gasteiger partial charge in [-0.2, -0.15) is 0 Å². The average molecular weight is 946 g/mol. The van der Waals surface area contributed by atoms with Crippen molar-refractivity contribution >= 4 is 55.9 Å². The fourth-order valence-corrected chi connectivity index (χ4v) is 13.6. The lowest BCUT2D eigenvalue weighted by Crippen LogP contribution is -2.37. The van der Waals surface area contributed by atoms with Gasteiger partial charge in [0.15, 0.2) is 11.5 Å². The Kier molecular flexibility index (Phi) is 8.41. The zero-order chi connectivity index (χ0) is 48.9. The van der Waals surface area contributed by atoms with E-state index in [9.17, 15) is 0 Å². The molecule has 0 N–H and O–H groups in total. The highest BCUT2D eigenvalue weighted by Crippen LogP contribution is 2.67. The predicted molar refractivity (Wildman–Crippen MR) is 304 cm³/mol. The van der Waals surface area contributed by atoms with E-state index in [0.717, 1.165) is 51.3 Å². The first-order valence-electron chi connectivity index (χ1n) is 25.7. The Morgan fingerprint density at radius 1 is 0.365 bits per heavy atom. The molecular weight excluding hydrogens is 899 g/mol. The van der Waals surface area contributed by atoms with Crippen molar-refractivity contribution in [1.82, 2.24) is 4.57 Å². The molecule has 16 rings (SSSR count). The van der Waals surface area contributed by atoms with Gasteiger partial charge in [-0.25, -0.2) is 0 Å². The highest BCUT2D eigenvalue weighted by molar-refractivity contribution is 6.10. The molecule has 2 aliphatic heterocycles. The molecule has 0 amide bonds. The summed E-state index contributed by atoms with van der Waals surface area (Å²) < 4.78 is 9.20. The van der Waals surface area contributed by atoms with Crippen LogP contribution in [-0.4, -0.2) is 4.57 Å². The van der Waals surface area contributed by atoms with Crippen LogP contribution in [0.25, 0.3) is 60.9 Å². The lowest BCUT2D eigenvalue weighted by atomic mass is 9.64. The van der Waals surface area contributed by atoms with E-state index in [-0.39, 0.29) is 5.41 Å². The van der Waals surface area contributed by atoms with Gasteiger partial charge >= 0.3 is 0 Å². The van der Waals surface area contributed by atoms with E-state index in [1.54, 1.807) is 0 Å². The topological polar surface area (TPSA) is 20.6 Å². The Bertz CT molecular complexity index is 4340. The zero-order valence-electron chi connectivity index (χ0n) is 40.9. The van der Waals surface area contributed by atoms with Gasteiger partial charge in [-0.3, -0.25) is 0 Å². The minimum atomic E-state index is -0.643. The van der Waals surface area contributed by atoms with Gasteiger partial charge in [0.25, 0.3) is 0 Å². The Balaban J connectivity index is 0.897. The van der Waals surface area contributed by atoms with Crippen LogP contribution in [0.3, 0.4) is 0 Å². The summed E-state index contributed by atoms with van der Waals surface area (Å²) in [5.41, 5.74) is 24.5. The molecule has 74 heavy (non-hydrogen) atoms. The number of hydrogen-bond donors (Lipinski definition) is 0. The van der Waals surface area contributed by atoms with Crippen molar-refractivity contribution in [2.45, 2.75) is 24.7 Å². The quantitative estimate of drug-likeness (QED) is 0.172.